The molecular formula is C26H16BrClN4O4S. The van der Waals surface area contributed by atoms with E-state index in [4.69, 9.17) is 16.0 Å². The number of nitro benzene ring substituents is 1. The Balaban J connectivity index is 1.38. The first-order valence-corrected chi connectivity index (χ1v) is 13.0. The molecule has 0 aliphatic carbocycles. The average Bonchev–Trinajstić information content (AvgIpc) is 3.56. The molecule has 0 atom stereocenters. The zero-order valence-corrected chi connectivity index (χ0v) is 22.0. The van der Waals surface area contributed by atoms with Crippen molar-refractivity contribution in [1.29, 1.82) is 0 Å². The molecule has 0 bridgehead atoms. The molecule has 184 valence electrons. The highest BCUT2D eigenvalue weighted by molar-refractivity contribution is 9.10. The first kappa shape index (κ1) is 24.9. The van der Waals surface area contributed by atoms with Crippen molar-refractivity contribution in [2.75, 3.05) is 5.75 Å². The number of non-ortho nitro benzene ring substituents is 1. The average molecular weight is 596 g/mol. The molecule has 3 aromatic carbocycles. The van der Waals surface area contributed by atoms with E-state index in [1.807, 2.05) is 59.2 Å². The van der Waals surface area contributed by atoms with Gasteiger partial charge in [-0.25, -0.2) is 0 Å². The van der Waals surface area contributed by atoms with Crippen LogP contribution in [-0.4, -0.2) is 31.2 Å². The lowest BCUT2D eigenvalue weighted by molar-refractivity contribution is -0.384. The molecule has 0 unspecified atom stereocenters. The minimum atomic E-state index is -0.527. The summed E-state index contributed by atoms with van der Waals surface area (Å²) in [7, 11) is 0. The van der Waals surface area contributed by atoms with E-state index in [2.05, 4.69) is 26.1 Å². The molecule has 8 nitrogen and oxygen atoms in total. The van der Waals surface area contributed by atoms with Crippen LogP contribution in [0, 0.1) is 10.1 Å². The summed E-state index contributed by atoms with van der Waals surface area (Å²) in [6.07, 6.45) is 0. The number of Topliss-reactive ketones (excluding diaryl/α,β-unsaturated/α-hetero) is 1. The molecule has 0 N–H and O–H groups in total. The van der Waals surface area contributed by atoms with Gasteiger partial charge in [-0.15, -0.1) is 10.2 Å². The molecule has 0 saturated heterocycles. The van der Waals surface area contributed by atoms with E-state index in [1.165, 1.54) is 30.0 Å². The maximum atomic E-state index is 13.0. The van der Waals surface area contributed by atoms with Gasteiger partial charge >= 0.3 is 0 Å². The van der Waals surface area contributed by atoms with E-state index in [0.29, 0.717) is 22.3 Å². The molecule has 0 radical (unpaired) electrons. The van der Waals surface area contributed by atoms with Gasteiger partial charge in [-0.1, -0.05) is 69.6 Å². The first-order chi connectivity index (χ1) is 17.9. The van der Waals surface area contributed by atoms with Crippen molar-refractivity contribution in [2.24, 2.45) is 0 Å². The zero-order valence-electron chi connectivity index (χ0n) is 18.9. The summed E-state index contributed by atoms with van der Waals surface area (Å²) < 4.78 is 8.60. The van der Waals surface area contributed by atoms with Crippen molar-refractivity contribution in [3.8, 4) is 28.4 Å². The number of nitrogens with zero attached hydrogens (tertiary/aromatic N) is 4. The fraction of sp³-hybridized carbons (Fsp3) is 0.0385. The lowest BCUT2D eigenvalue weighted by atomic mass is 10.1. The van der Waals surface area contributed by atoms with Gasteiger partial charge in [-0.3, -0.25) is 19.5 Å². The third kappa shape index (κ3) is 5.36. The van der Waals surface area contributed by atoms with Gasteiger partial charge in [-0.2, -0.15) is 0 Å². The quantitative estimate of drug-likeness (QED) is 0.0792. The molecule has 2 aromatic heterocycles. The van der Waals surface area contributed by atoms with Gasteiger partial charge in [0.05, 0.1) is 15.7 Å². The third-order valence-electron chi connectivity index (χ3n) is 5.39. The largest absolute Gasteiger partial charge is 0.453 e. The van der Waals surface area contributed by atoms with Crippen molar-refractivity contribution >= 4 is 50.8 Å². The van der Waals surface area contributed by atoms with Gasteiger partial charge in [0.2, 0.25) is 5.78 Å². The highest BCUT2D eigenvalue weighted by Gasteiger charge is 2.20. The van der Waals surface area contributed by atoms with Crippen molar-refractivity contribution < 1.29 is 14.1 Å². The number of carbonyl (C=O) groups is 1. The van der Waals surface area contributed by atoms with E-state index in [0.717, 1.165) is 15.7 Å². The number of furan rings is 1. The standard InChI is InChI=1S/C26H16BrClN4O4S/c27-17-8-6-16(7-9-17)25-29-30-26(31(25)18-4-2-1-3-5-18)37-15-22(33)24-13-12-23(36-24)20-11-10-19(32(34)35)14-21(20)28/h1-14H,15H2. The molecule has 0 fully saturated rings. The number of hydrogen-bond donors (Lipinski definition) is 0. The van der Waals surface area contributed by atoms with E-state index in [-0.39, 0.29) is 28.0 Å². The summed E-state index contributed by atoms with van der Waals surface area (Å²) in [6.45, 7) is 0. The zero-order chi connectivity index (χ0) is 25.9. The predicted molar refractivity (Wildman–Crippen MR) is 145 cm³/mol. The second kappa shape index (κ2) is 10.7. The van der Waals surface area contributed by atoms with Crippen LogP contribution in [0.2, 0.25) is 5.02 Å². The summed E-state index contributed by atoms with van der Waals surface area (Å²) >= 11 is 10.9. The van der Waals surface area contributed by atoms with Gasteiger partial charge < -0.3 is 4.42 Å². The number of benzene rings is 3. The maximum absolute atomic E-state index is 13.0. The molecule has 0 aliphatic rings. The van der Waals surface area contributed by atoms with E-state index in [9.17, 15) is 14.9 Å². The third-order valence-corrected chi connectivity index (χ3v) is 7.16. The Labute approximate surface area is 228 Å². The van der Waals surface area contributed by atoms with Gasteiger partial charge in [0.1, 0.15) is 5.76 Å². The number of hydrogen-bond acceptors (Lipinski definition) is 7. The van der Waals surface area contributed by atoms with Crippen molar-refractivity contribution in [3.05, 3.63) is 110 Å². The van der Waals surface area contributed by atoms with Crippen LogP contribution in [0.25, 0.3) is 28.4 Å². The summed E-state index contributed by atoms with van der Waals surface area (Å²) in [4.78, 5) is 23.4. The SMILES string of the molecule is O=C(CSc1nnc(-c2ccc(Br)cc2)n1-c1ccccc1)c1ccc(-c2ccc([N+](=O)[O-])cc2Cl)o1. The normalized spacial score (nSPS) is 11.0. The minimum absolute atomic E-state index is 0.0618. The Morgan fingerprint density at radius 2 is 1.78 bits per heavy atom. The Kier molecular flexibility index (Phi) is 7.22. The minimum Gasteiger partial charge on any atom is -0.453 e. The second-order valence-electron chi connectivity index (χ2n) is 7.78. The molecule has 0 amide bonds. The number of para-hydroxylation sites is 1. The second-order valence-corrected chi connectivity index (χ2v) is 10.0. The fourth-order valence-corrected chi connectivity index (χ4v) is 4.96. The first-order valence-electron chi connectivity index (χ1n) is 10.9. The summed E-state index contributed by atoms with van der Waals surface area (Å²) in [5.74, 6) is 0.963. The van der Waals surface area contributed by atoms with E-state index >= 15 is 0 Å². The highest BCUT2D eigenvalue weighted by Crippen LogP contribution is 2.33. The topological polar surface area (TPSA) is 104 Å². The highest BCUT2D eigenvalue weighted by atomic mass is 79.9. The van der Waals surface area contributed by atoms with Crippen LogP contribution in [0.1, 0.15) is 10.6 Å². The number of nitro groups is 1. The van der Waals surface area contributed by atoms with Gasteiger partial charge in [0, 0.05) is 33.4 Å². The van der Waals surface area contributed by atoms with Gasteiger partial charge in [0.15, 0.2) is 16.7 Å². The van der Waals surface area contributed by atoms with Crippen LogP contribution in [0.4, 0.5) is 5.69 Å². The molecule has 11 heteroatoms. The molecular weight excluding hydrogens is 580 g/mol. The monoisotopic (exact) mass is 594 g/mol. The van der Waals surface area contributed by atoms with Gasteiger partial charge in [-0.05, 0) is 42.5 Å². The van der Waals surface area contributed by atoms with Crippen LogP contribution in [0.15, 0.2) is 99.0 Å². The lowest BCUT2D eigenvalue weighted by Gasteiger charge is -2.10. The molecule has 5 aromatic rings. The Morgan fingerprint density at radius 1 is 1.03 bits per heavy atom. The molecule has 0 saturated carbocycles. The van der Waals surface area contributed by atoms with Crippen LogP contribution in [0.5, 0.6) is 0 Å². The number of ketones is 1. The van der Waals surface area contributed by atoms with Gasteiger partial charge in [0.25, 0.3) is 5.69 Å². The van der Waals surface area contributed by atoms with Crippen LogP contribution in [-0.2, 0) is 0 Å². The summed E-state index contributed by atoms with van der Waals surface area (Å²) in [5, 5.41) is 20.4. The summed E-state index contributed by atoms with van der Waals surface area (Å²) in [6, 6.07) is 24.7. The molecule has 5 rings (SSSR count). The predicted octanol–water partition coefficient (Wildman–Crippen LogP) is 7.49. The summed E-state index contributed by atoms with van der Waals surface area (Å²) in [5.41, 5.74) is 2.09. The number of aromatic nitrogens is 3. The number of rotatable bonds is 8. The number of carbonyl (C=O) groups excluding carboxylic acids is 1. The van der Waals surface area contributed by atoms with Crippen molar-refractivity contribution in [2.45, 2.75) is 5.16 Å². The fourth-order valence-electron chi connectivity index (χ4n) is 3.61. The van der Waals surface area contributed by atoms with Crippen LogP contribution >= 0.6 is 39.3 Å². The van der Waals surface area contributed by atoms with Crippen LogP contribution in [0.3, 0.4) is 0 Å². The number of thioether (sulfide) groups is 1. The van der Waals surface area contributed by atoms with Crippen LogP contribution < -0.4 is 0 Å². The molecule has 37 heavy (non-hydrogen) atoms. The lowest BCUT2D eigenvalue weighted by Crippen LogP contribution is -2.04. The Morgan fingerprint density at radius 3 is 2.49 bits per heavy atom. The number of halogens is 2. The van der Waals surface area contributed by atoms with Crippen molar-refractivity contribution in [3.63, 3.8) is 0 Å². The molecule has 0 aliphatic heterocycles. The maximum Gasteiger partial charge on any atom is 0.270 e. The Hall–Kier alpha value is -3.73. The Bertz CT molecular complexity index is 1600. The molecule has 0 spiro atoms. The van der Waals surface area contributed by atoms with Crippen molar-refractivity contribution in [1.82, 2.24) is 14.8 Å². The van der Waals surface area contributed by atoms with E-state index < -0.39 is 4.92 Å². The smallest absolute Gasteiger partial charge is 0.270 e. The van der Waals surface area contributed by atoms with E-state index in [1.54, 1.807) is 12.1 Å². The molecule has 2 heterocycles.